The Kier molecular flexibility index (Phi) is 1.80. The summed E-state index contributed by atoms with van der Waals surface area (Å²) in [6.45, 7) is 0. The van der Waals surface area contributed by atoms with Crippen LogP contribution in [-0.2, 0) is 4.65 Å². The second kappa shape index (κ2) is 2.23. The average Bonchev–Trinajstić information content (AvgIpc) is 1.37. The van der Waals surface area contributed by atoms with E-state index >= 15 is 0 Å². The van der Waals surface area contributed by atoms with Gasteiger partial charge in [-0.1, -0.05) is 0 Å². The quantitative estimate of drug-likeness (QED) is 0.356. The molecule has 0 spiro atoms. The Morgan fingerprint density at radius 3 is 2.00 bits per heavy atom. The van der Waals surface area contributed by atoms with Gasteiger partial charge in [-0.05, 0) is 0 Å². The fourth-order valence-electron chi connectivity index (χ4n) is 0. The summed E-state index contributed by atoms with van der Waals surface area (Å²) >= 11 is 0. The van der Waals surface area contributed by atoms with E-state index in [2.05, 4.69) is 0 Å². The van der Waals surface area contributed by atoms with E-state index in [1.54, 1.807) is 0 Å². The zero-order valence-electron chi connectivity index (χ0n) is 1.86. The standard InChI is InChI=1S/C2NO/c3-1-2-4/q+1. The SMILES string of the molecule is N#CC#[O+]. The van der Waals surface area contributed by atoms with Crippen LogP contribution in [0.4, 0.5) is 0 Å². The van der Waals surface area contributed by atoms with E-state index in [4.69, 9.17) is 9.91 Å². The Morgan fingerprint density at radius 1 is 1.75 bits per heavy atom. The molecule has 0 aromatic carbocycles. The van der Waals surface area contributed by atoms with Crippen LogP contribution in [0.25, 0.3) is 0 Å². The van der Waals surface area contributed by atoms with Crippen LogP contribution in [0.2, 0.25) is 0 Å². The average molecular weight is 54.0 g/mol. The summed E-state index contributed by atoms with van der Waals surface area (Å²) in [5.41, 5.74) is 0. The van der Waals surface area contributed by atoms with Gasteiger partial charge in [-0.25, -0.2) is 0 Å². The molecule has 0 aromatic rings. The van der Waals surface area contributed by atoms with Crippen molar-refractivity contribution in [3.8, 4) is 12.2 Å². The Morgan fingerprint density at radius 2 is 2.00 bits per heavy atom. The normalized spacial score (nSPS) is 2.50. The van der Waals surface area contributed by atoms with E-state index in [0.717, 1.165) is 12.2 Å². The third-order valence-corrected chi connectivity index (χ3v) is 0.0456. The molecule has 0 bridgehead atoms. The molecule has 0 saturated heterocycles. The molecular weight excluding hydrogens is 54.0 g/mol. The van der Waals surface area contributed by atoms with E-state index in [0.29, 0.717) is 0 Å². The van der Waals surface area contributed by atoms with Crippen molar-refractivity contribution in [3.05, 3.63) is 0 Å². The fourth-order valence-corrected chi connectivity index (χ4v) is 0. The first kappa shape index (κ1) is 3.23. The molecule has 2 heteroatoms. The van der Waals surface area contributed by atoms with Crippen LogP contribution in [0.15, 0.2) is 0 Å². The second-order valence-electron chi connectivity index (χ2n) is 0.214. The van der Waals surface area contributed by atoms with E-state index < -0.39 is 0 Å². The summed E-state index contributed by atoms with van der Waals surface area (Å²) in [7, 11) is 0. The van der Waals surface area contributed by atoms with Gasteiger partial charge < -0.3 is 0 Å². The van der Waals surface area contributed by atoms with Gasteiger partial charge in [-0.3, -0.25) is 0 Å². The molecule has 4 heavy (non-hydrogen) atoms. The Balaban J connectivity index is 3.14. The topological polar surface area (TPSA) is 43.7 Å². The van der Waals surface area contributed by atoms with Crippen molar-refractivity contribution in [3.63, 3.8) is 0 Å². The van der Waals surface area contributed by atoms with E-state index in [1.807, 2.05) is 0 Å². The number of rotatable bonds is 0. The van der Waals surface area contributed by atoms with Crippen molar-refractivity contribution in [2.75, 3.05) is 0 Å². The number of nitriles is 1. The van der Waals surface area contributed by atoms with Crippen LogP contribution >= 0.6 is 0 Å². The van der Waals surface area contributed by atoms with Crippen molar-refractivity contribution in [2.45, 2.75) is 0 Å². The molecule has 0 aliphatic rings. The van der Waals surface area contributed by atoms with E-state index in [1.165, 1.54) is 0 Å². The predicted molar refractivity (Wildman–Crippen MR) is 10.2 cm³/mol. The fraction of sp³-hybridized carbons (Fsp3) is 0. The zero-order valence-corrected chi connectivity index (χ0v) is 1.86. The summed E-state index contributed by atoms with van der Waals surface area (Å²) in [5, 5.41) is 7.20. The van der Waals surface area contributed by atoms with Crippen LogP contribution < -0.4 is 0 Å². The van der Waals surface area contributed by atoms with Crippen molar-refractivity contribution in [1.82, 2.24) is 0 Å². The van der Waals surface area contributed by atoms with Gasteiger partial charge in [-0.15, -0.1) is 0 Å². The van der Waals surface area contributed by atoms with Crippen molar-refractivity contribution in [1.29, 1.82) is 5.26 Å². The van der Waals surface area contributed by atoms with Crippen LogP contribution in [0, 0.1) is 17.5 Å². The summed E-state index contributed by atoms with van der Waals surface area (Å²) in [6.07, 6.45) is 0.986. The molecule has 0 aliphatic heterocycles. The molecule has 0 atom stereocenters. The van der Waals surface area contributed by atoms with Gasteiger partial charge in [0.1, 0.15) is 0 Å². The van der Waals surface area contributed by atoms with Gasteiger partial charge in [0.2, 0.25) is 0 Å². The van der Waals surface area contributed by atoms with Gasteiger partial charge in [0, 0.05) is 0 Å². The summed E-state index contributed by atoms with van der Waals surface area (Å²) in [6, 6.07) is 1.12. The number of nitrogens with zero attached hydrogens (tertiary/aromatic N) is 1. The summed E-state index contributed by atoms with van der Waals surface area (Å²) in [4.78, 5) is 0. The Bertz CT molecular complexity index is 61.0. The van der Waals surface area contributed by atoms with Crippen LogP contribution in [0.3, 0.4) is 0 Å². The molecule has 2 nitrogen and oxygen atoms in total. The van der Waals surface area contributed by atoms with Crippen LogP contribution in [0.5, 0.6) is 0 Å². The molecule has 0 unspecified atom stereocenters. The molecule has 0 saturated carbocycles. The van der Waals surface area contributed by atoms with Gasteiger partial charge in [-0.2, -0.15) is 0 Å². The molecular formula is C2NO+. The van der Waals surface area contributed by atoms with E-state index in [-0.39, 0.29) is 0 Å². The predicted octanol–water partition coefficient (Wildman–Crippen LogP) is -0.100. The molecule has 0 N–H and O–H groups in total. The molecule has 0 rings (SSSR count). The minimum atomic E-state index is 0.986. The monoisotopic (exact) mass is 54.0 g/mol. The number of hydrogen-bond donors (Lipinski definition) is 0. The van der Waals surface area contributed by atoms with Crippen molar-refractivity contribution < 1.29 is 4.65 Å². The van der Waals surface area contributed by atoms with E-state index in [9.17, 15) is 0 Å². The third kappa shape index (κ3) is 1.23. The van der Waals surface area contributed by atoms with Gasteiger partial charge in [0.05, 0.1) is 0 Å². The molecule has 0 aliphatic carbocycles. The van der Waals surface area contributed by atoms with Crippen LogP contribution in [0.1, 0.15) is 0 Å². The third-order valence-electron chi connectivity index (χ3n) is 0.0456. The molecule has 0 fully saturated rings. The Hall–Kier alpha value is -0.770. The number of hydrogen-bond acceptors (Lipinski definition) is 1. The Labute approximate surface area is 23.4 Å². The minimum absolute atomic E-state index is 0.986. The van der Waals surface area contributed by atoms with Crippen LogP contribution in [-0.4, -0.2) is 0 Å². The van der Waals surface area contributed by atoms with Gasteiger partial charge in [0.25, 0.3) is 0 Å². The zero-order chi connectivity index (χ0) is 3.41. The molecule has 0 aromatic heterocycles. The first-order chi connectivity index (χ1) is 1.91. The van der Waals surface area contributed by atoms with Crippen molar-refractivity contribution >= 4 is 0 Å². The second-order valence-corrected chi connectivity index (χ2v) is 0.214. The maximum absolute atomic E-state index is 8.69. The first-order valence-electron chi connectivity index (χ1n) is 0.678. The first-order valence-corrected chi connectivity index (χ1v) is 0.678. The molecule has 0 amide bonds. The summed E-state index contributed by atoms with van der Waals surface area (Å²) in [5.74, 6) is 0. The van der Waals surface area contributed by atoms with Gasteiger partial charge in [0.15, 0.2) is 0 Å². The molecule has 0 radical (unpaired) electrons. The molecule has 18 valence electrons. The molecule has 0 heterocycles. The van der Waals surface area contributed by atoms with Crippen molar-refractivity contribution in [2.24, 2.45) is 0 Å². The van der Waals surface area contributed by atoms with Gasteiger partial charge >= 0.3 is 22.1 Å². The maximum atomic E-state index is 8.69. The summed E-state index contributed by atoms with van der Waals surface area (Å²) < 4.78 is 8.69.